The molecule has 1 aromatic carbocycles. The van der Waals surface area contributed by atoms with Crippen LogP contribution < -0.4 is 9.47 Å². The minimum atomic E-state index is -1.17. The molecule has 1 saturated heterocycles. The molecule has 1 aromatic rings. The number of allylic oxidation sites excluding steroid dienone is 1. The fraction of sp³-hybridized carbons (Fsp3) is 0.538. The Morgan fingerprint density at radius 3 is 2.59 bits per heavy atom. The first kappa shape index (κ1) is 21.3. The maximum atomic E-state index is 12.8. The van der Waals surface area contributed by atoms with Gasteiger partial charge < -0.3 is 19.3 Å². The molecule has 2 atom stereocenters. The second kappa shape index (κ2) is 7.77. The molecule has 2 fully saturated rings. The van der Waals surface area contributed by atoms with Gasteiger partial charge in [0.15, 0.2) is 5.78 Å². The van der Waals surface area contributed by atoms with E-state index in [2.05, 4.69) is 13.0 Å². The van der Waals surface area contributed by atoms with E-state index in [1.54, 1.807) is 6.08 Å². The third kappa shape index (κ3) is 3.45. The molecule has 6 heteroatoms. The lowest BCUT2D eigenvalue weighted by molar-refractivity contribution is -0.143. The third-order valence-electron chi connectivity index (χ3n) is 7.28. The number of rotatable bonds is 5. The molecule has 2 heterocycles. The number of ether oxygens (including phenoxy) is 3. The zero-order valence-electron chi connectivity index (χ0n) is 18.9. The summed E-state index contributed by atoms with van der Waals surface area (Å²) in [5, 5.41) is 9.80. The van der Waals surface area contributed by atoms with Gasteiger partial charge in [-0.1, -0.05) is 6.92 Å². The van der Waals surface area contributed by atoms with Gasteiger partial charge in [0, 0.05) is 18.1 Å². The molecule has 6 nitrogen and oxygen atoms in total. The average Bonchev–Trinajstić information content (AvgIpc) is 3.55. The summed E-state index contributed by atoms with van der Waals surface area (Å²) in [4.78, 5) is 24.8. The number of benzene rings is 1. The molecule has 0 spiro atoms. The SMILES string of the molecule is CCOc1cc2c(cc1C)C1=C(/C=C(/C(=O)O)C(=O)CCC1C1CC1)C(C1(C)COC1)O2. The largest absolute Gasteiger partial charge is 0.493 e. The van der Waals surface area contributed by atoms with Crippen molar-refractivity contribution in [3.8, 4) is 11.5 Å². The second-order valence-corrected chi connectivity index (χ2v) is 9.83. The van der Waals surface area contributed by atoms with Crippen LogP contribution in [0.2, 0.25) is 0 Å². The first-order valence-corrected chi connectivity index (χ1v) is 11.6. The summed E-state index contributed by atoms with van der Waals surface area (Å²) in [5.74, 6) is 0.851. The van der Waals surface area contributed by atoms with Crippen LogP contribution in [-0.4, -0.2) is 42.8 Å². The van der Waals surface area contributed by atoms with Crippen LogP contribution >= 0.6 is 0 Å². The summed E-state index contributed by atoms with van der Waals surface area (Å²) in [7, 11) is 0. The Hall–Kier alpha value is -2.60. The number of ketones is 1. The van der Waals surface area contributed by atoms with Crippen molar-refractivity contribution in [2.45, 2.75) is 52.6 Å². The lowest BCUT2D eigenvalue weighted by Gasteiger charge is -2.48. The standard InChI is InChI=1S/C26H30O6/c1-4-31-21-11-22-18(9-14(21)2)23-16(15-5-6-15)7-8-20(27)17(25(28)29)10-19(23)24(32-22)26(3)12-30-13-26/h9-11,15-16,24H,4-8,12-13H2,1-3H3,(H,28,29)/b17-10+. The summed E-state index contributed by atoms with van der Waals surface area (Å²) >= 11 is 0. The number of hydrogen-bond acceptors (Lipinski definition) is 5. The molecule has 1 N–H and O–H groups in total. The van der Waals surface area contributed by atoms with Gasteiger partial charge in [-0.25, -0.2) is 4.79 Å². The van der Waals surface area contributed by atoms with E-state index in [4.69, 9.17) is 14.2 Å². The van der Waals surface area contributed by atoms with Gasteiger partial charge in [0.2, 0.25) is 0 Å². The number of aryl methyl sites for hydroxylation is 1. The summed E-state index contributed by atoms with van der Waals surface area (Å²) in [5.41, 5.74) is 3.60. The van der Waals surface area contributed by atoms with E-state index in [-0.39, 0.29) is 35.2 Å². The smallest absolute Gasteiger partial charge is 0.339 e. The van der Waals surface area contributed by atoms with Crippen molar-refractivity contribution in [2.75, 3.05) is 19.8 Å². The van der Waals surface area contributed by atoms with Crippen LogP contribution in [0.5, 0.6) is 11.5 Å². The Balaban J connectivity index is 1.77. The number of hydrogen-bond donors (Lipinski definition) is 1. The molecular weight excluding hydrogens is 408 g/mol. The minimum Gasteiger partial charge on any atom is -0.493 e. The highest BCUT2D eigenvalue weighted by molar-refractivity contribution is 6.17. The van der Waals surface area contributed by atoms with Crippen molar-refractivity contribution < 1.29 is 28.9 Å². The Labute approximate surface area is 188 Å². The molecule has 0 bridgehead atoms. The monoisotopic (exact) mass is 438 g/mol. The molecule has 5 rings (SSSR count). The van der Waals surface area contributed by atoms with Crippen LogP contribution in [0, 0.1) is 24.2 Å². The van der Waals surface area contributed by atoms with Crippen LogP contribution in [0.25, 0.3) is 5.57 Å². The lowest BCUT2D eigenvalue weighted by Crippen LogP contribution is -2.53. The molecule has 2 aliphatic carbocycles. The first-order valence-electron chi connectivity index (χ1n) is 11.6. The first-order chi connectivity index (χ1) is 15.3. The maximum Gasteiger partial charge on any atom is 0.339 e. The van der Waals surface area contributed by atoms with Crippen molar-refractivity contribution in [1.29, 1.82) is 0 Å². The van der Waals surface area contributed by atoms with E-state index in [1.807, 2.05) is 19.9 Å². The number of Topliss-reactive ketones (excluding diaryl/α,β-unsaturated/α-hetero) is 1. The van der Waals surface area contributed by atoms with Crippen molar-refractivity contribution in [3.05, 3.63) is 40.5 Å². The van der Waals surface area contributed by atoms with Crippen LogP contribution in [0.15, 0.2) is 29.4 Å². The van der Waals surface area contributed by atoms with Gasteiger partial charge in [-0.15, -0.1) is 0 Å². The van der Waals surface area contributed by atoms with Gasteiger partial charge in [-0.3, -0.25) is 4.79 Å². The van der Waals surface area contributed by atoms with Gasteiger partial charge in [0.05, 0.1) is 25.2 Å². The number of aliphatic carboxylic acids is 1. The molecular formula is C26H30O6. The van der Waals surface area contributed by atoms with Crippen molar-refractivity contribution >= 4 is 17.3 Å². The van der Waals surface area contributed by atoms with Gasteiger partial charge in [0.25, 0.3) is 0 Å². The van der Waals surface area contributed by atoms with Crippen molar-refractivity contribution in [2.24, 2.45) is 17.3 Å². The highest BCUT2D eigenvalue weighted by atomic mass is 16.5. The average molecular weight is 439 g/mol. The number of carboxylic acid groups (broad SMARTS) is 1. The number of carbonyl (C=O) groups excluding carboxylic acids is 1. The molecule has 2 aliphatic heterocycles. The molecule has 4 aliphatic rings. The zero-order chi connectivity index (χ0) is 22.6. The van der Waals surface area contributed by atoms with Gasteiger partial charge in [0.1, 0.15) is 23.2 Å². The van der Waals surface area contributed by atoms with Crippen molar-refractivity contribution in [1.82, 2.24) is 0 Å². The van der Waals surface area contributed by atoms with E-state index in [1.165, 1.54) is 0 Å². The number of carbonyl (C=O) groups is 2. The van der Waals surface area contributed by atoms with Crippen molar-refractivity contribution in [3.63, 3.8) is 0 Å². The number of fused-ring (bicyclic) bond motifs is 2. The van der Waals surface area contributed by atoms with Crippen LogP contribution in [0.4, 0.5) is 0 Å². The van der Waals surface area contributed by atoms with E-state index in [9.17, 15) is 14.7 Å². The summed E-state index contributed by atoms with van der Waals surface area (Å²) in [6, 6.07) is 4.09. The second-order valence-electron chi connectivity index (χ2n) is 9.83. The summed E-state index contributed by atoms with van der Waals surface area (Å²) in [6.45, 7) is 7.73. The Morgan fingerprint density at radius 1 is 1.25 bits per heavy atom. The van der Waals surface area contributed by atoms with Crippen LogP contribution in [0.3, 0.4) is 0 Å². The quantitative estimate of drug-likeness (QED) is 0.689. The normalized spacial score (nSPS) is 28.2. The summed E-state index contributed by atoms with van der Waals surface area (Å²) in [6.07, 6.45) is 4.44. The lowest BCUT2D eigenvalue weighted by atomic mass is 9.70. The van der Waals surface area contributed by atoms with E-state index in [0.29, 0.717) is 32.2 Å². The highest BCUT2D eigenvalue weighted by Gasteiger charge is 2.50. The predicted octanol–water partition coefficient (Wildman–Crippen LogP) is 4.34. The molecule has 0 amide bonds. The molecule has 0 aromatic heterocycles. The van der Waals surface area contributed by atoms with Crippen LogP contribution in [0.1, 0.15) is 50.7 Å². The van der Waals surface area contributed by atoms with Gasteiger partial charge in [-0.2, -0.15) is 0 Å². The predicted molar refractivity (Wildman–Crippen MR) is 119 cm³/mol. The van der Waals surface area contributed by atoms with E-state index in [0.717, 1.165) is 46.6 Å². The van der Waals surface area contributed by atoms with Gasteiger partial charge >= 0.3 is 5.97 Å². The Kier molecular flexibility index (Phi) is 5.16. The zero-order valence-corrected chi connectivity index (χ0v) is 18.9. The molecule has 170 valence electrons. The van der Waals surface area contributed by atoms with Crippen LogP contribution in [-0.2, 0) is 14.3 Å². The fourth-order valence-electron chi connectivity index (χ4n) is 5.39. The van der Waals surface area contributed by atoms with E-state index >= 15 is 0 Å². The topological polar surface area (TPSA) is 82.1 Å². The highest BCUT2D eigenvalue weighted by Crippen LogP contribution is 2.55. The molecule has 1 saturated carbocycles. The molecule has 32 heavy (non-hydrogen) atoms. The van der Waals surface area contributed by atoms with Gasteiger partial charge in [-0.05, 0) is 73.8 Å². The number of carboxylic acids is 1. The maximum absolute atomic E-state index is 12.8. The Morgan fingerprint density at radius 2 is 2.00 bits per heavy atom. The van der Waals surface area contributed by atoms with E-state index < -0.39 is 5.97 Å². The third-order valence-corrected chi connectivity index (χ3v) is 7.28. The Bertz CT molecular complexity index is 1040. The molecule has 2 unspecified atom stereocenters. The minimum absolute atomic E-state index is 0.143. The molecule has 0 radical (unpaired) electrons. The summed E-state index contributed by atoms with van der Waals surface area (Å²) < 4.78 is 18.0. The fourth-order valence-corrected chi connectivity index (χ4v) is 5.39.